The van der Waals surface area contributed by atoms with Gasteiger partial charge < -0.3 is 4.74 Å². The molecule has 0 saturated heterocycles. The molecule has 0 heterocycles. The lowest BCUT2D eigenvalue weighted by Gasteiger charge is -2.17. The van der Waals surface area contributed by atoms with Gasteiger partial charge in [0.1, 0.15) is 5.75 Å². The minimum Gasteiger partial charge on any atom is -0.496 e. The Bertz CT molecular complexity index is 1300. The lowest BCUT2D eigenvalue weighted by Crippen LogP contribution is -2.12. The van der Waals surface area contributed by atoms with Crippen molar-refractivity contribution in [3.8, 4) is 28.0 Å². The third-order valence-electron chi connectivity index (χ3n) is 4.53. The molecule has 32 heavy (non-hydrogen) atoms. The second-order valence-corrected chi connectivity index (χ2v) is 8.05. The predicted molar refractivity (Wildman–Crippen MR) is 100 cm³/mol. The highest BCUT2D eigenvalue weighted by Crippen LogP contribution is 2.43. The summed E-state index contributed by atoms with van der Waals surface area (Å²) >= 11 is 0. The van der Waals surface area contributed by atoms with Crippen molar-refractivity contribution < 1.29 is 43.9 Å². The molecule has 3 aromatic carbocycles. The second kappa shape index (κ2) is 8.10. The van der Waals surface area contributed by atoms with E-state index in [0.717, 1.165) is 43.5 Å². The first-order valence-corrected chi connectivity index (χ1v) is 10.1. The number of alkyl halides is 3. The fourth-order valence-corrected chi connectivity index (χ4v) is 3.59. The molecule has 0 aromatic heterocycles. The minimum absolute atomic E-state index is 0.341. The number of rotatable bonds is 4. The quantitative estimate of drug-likeness (QED) is 0.316. The zero-order chi connectivity index (χ0) is 24.0. The van der Waals surface area contributed by atoms with Crippen molar-refractivity contribution in [2.45, 2.75) is 11.1 Å². The Labute approximate surface area is 177 Å². The van der Waals surface area contributed by atoms with Crippen molar-refractivity contribution in [3.63, 3.8) is 0 Å². The zero-order valence-corrected chi connectivity index (χ0v) is 16.7. The molecule has 2 N–H and O–H groups in total. The number of methoxy groups -OCH3 is 1. The van der Waals surface area contributed by atoms with Crippen molar-refractivity contribution in [2.75, 3.05) is 7.11 Å². The smallest absolute Gasteiger partial charge is 0.419 e. The standard InChI is InChI=1S/C20H12F7NO3S/c1-31-13-7-4-10(8-12(13)20(25,26)27)15-14(16(21)18(23)19(24)17(15)22)9-2-5-11(6-3-9)32(28,29)30/h2-8H,1H3,(H2,28,29,30). The van der Waals surface area contributed by atoms with Gasteiger partial charge in [0, 0.05) is 11.1 Å². The summed E-state index contributed by atoms with van der Waals surface area (Å²) in [6.45, 7) is 0. The van der Waals surface area contributed by atoms with Crippen LogP contribution in [0.1, 0.15) is 5.56 Å². The second-order valence-electron chi connectivity index (χ2n) is 6.49. The SMILES string of the molecule is COc1ccc(-c2c(F)c(F)c(F)c(F)c2-c2ccc(S(N)(=O)=O)cc2)cc1C(F)(F)F. The van der Waals surface area contributed by atoms with Gasteiger partial charge in [-0.15, -0.1) is 0 Å². The largest absolute Gasteiger partial charge is 0.496 e. The van der Waals surface area contributed by atoms with Crippen LogP contribution < -0.4 is 9.88 Å². The van der Waals surface area contributed by atoms with Crippen LogP contribution in [0, 0.1) is 23.3 Å². The average molecular weight is 479 g/mol. The molecule has 0 saturated carbocycles. The molecular weight excluding hydrogens is 467 g/mol. The Kier molecular flexibility index (Phi) is 5.96. The molecule has 0 aliphatic rings. The van der Waals surface area contributed by atoms with Crippen LogP contribution in [0.15, 0.2) is 47.4 Å². The van der Waals surface area contributed by atoms with Crippen molar-refractivity contribution in [3.05, 3.63) is 71.3 Å². The summed E-state index contributed by atoms with van der Waals surface area (Å²) in [5.74, 6) is -8.88. The summed E-state index contributed by atoms with van der Waals surface area (Å²) in [7, 11) is -3.21. The van der Waals surface area contributed by atoms with Crippen LogP contribution in [0.3, 0.4) is 0 Å². The maximum atomic E-state index is 14.7. The van der Waals surface area contributed by atoms with Gasteiger partial charge in [-0.2, -0.15) is 13.2 Å². The van der Waals surface area contributed by atoms with E-state index in [2.05, 4.69) is 4.74 Å². The number of halogens is 7. The minimum atomic E-state index is -4.97. The number of hydrogen-bond donors (Lipinski definition) is 1. The van der Waals surface area contributed by atoms with Crippen LogP contribution in [0.4, 0.5) is 30.7 Å². The molecule has 0 unspecified atom stereocenters. The van der Waals surface area contributed by atoms with E-state index in [9.17, 15) is 39.2 Å². The summed E-state index contributed by atoms with van der Waals surface area (Å²) in [5, 5.41) is 4.96. The van der Waals surface area contributed by atoms with Crippen LogP contribution in [0.2, 0.25) is 0 Å². The van der Waals surface area contributed by atoms with Gasteiger partial charge in [-0.3, -0.25) is 0 Å². The Morgan fingerprint density at radius 2 is 1.25 bits per heavy atom. The van der Waals surface area contributed by atoms with E-state index in [1.54, 1.807) is 0 Å². The van der Waals surface area contributed by atoms with Crippen LogP contribution >= 0.6 is 0 Å². The Morgan fingerprint density at radius 1 is 0.781 bits per heavy atom. The zero-order valence-electron chi connectivity index (χ0n) is 15.9. The summed E-state index contributed by atoms with van der Waals surface area (Å²) in [6.07, 6.45) is -4.97. The third kappa shape index (κ3) is 4.15. The predicted octanol–water partition coefficient (Wildman–Crippen LogP) is 5.25. The maximum absolute atomic E-state index is 14.7. The first kappa shape index (κ1) is 23.5. The average Bonchev–Trinajstić information content (AvgIpc) is 2.73. The van der Waals surface area contributed by atoms with Crippen LogP contribution in [0.25, 0.3) is 22.3 Å². The van der Waals surface area contributed by atoms with Gasteiger partial charge in [-0.25, -0.2) is 31.1 Å². The number of nitrogens with two attached hydrogens (primary N) is 1. The Morgan fingerprint density at radius 3 is 1.69 bits per heavy atom. The third-order valence-corrected chi connectivity index (χ3v) is 5.46. The number of sulfonamides is 1. The van der Waals surface area contributed by atoms with E-state index in [0.29, 0.717) is 6.07 Å². The first-order valence-electron chi connectivity index (χ1n) is 8.52. The number of hydrogen-bond acceptors (Lipinski definition) is 3. The normalized spacial score (nSPS) is 12.2. The highest BCUT2D eigenvalue weighted by molar-refractivity contribution is 7.89. The molecule has 0 atom stereocenters. The lowest BCUT2D eigenvalue weighted by molar-refractivity contribution is -0.138. The molecule has 3 aromatic rings. The molecule has 170 valence electrons. The molecule has 0 spiro atoms. The molecule has 12 heteroatoms. The van der Waals surface area contributed by atoms with Gasteiger partial charge in [-0.1, -0.05) is 18.2 Å². The van der Waals surface area contributed by atoms with Gasteiger partial charge in [0.05, 0.1) is 17.6 Å². The van der Waals surface area contributed by atoms with Gasteiger partial charge in [0.25, 0.3) is 0 Å². The van der Waals surface area contributed by atoms with Crippen LogP contribution in [0.5, 0.6) is 5.75 Å². The van der Waals surface area contributed by atoms with E-state index in [1.165, 1.54) is 0 Å². The summed E-state index contributed by atoms with van der Waals surface area (Å²) in [6, 6.07) is 5.75. The summed E-state index contributed by atoms with van der Waals surface area (Å²) in [4.78, 5) is -0.421. The highest BCUT2D eigenvalue weighted by Gasteiger charge is 2.36. The van der Waals surface area contributed by atoms with Crippen LogP contribution in [-0.2, 0) is 16.2 Å². The molecule has 0 aliphatic heterocycles. The van der Waals surface area contributed by atoms with Gasteiger partial charge in [-0.05, 0) is 35.4 Å². The Balaban J connectivity index is 2.37. The molecule has 3 rings (SSSR count). The van der Waals surface area contributed by atoms with Crippen molar-refractivity contribution in [1.29, 1.82) is 0 Å². The van der Waals surface area contributed by atoms with E-state index in [1.807, 2.05) is 0 Å². The van der Waals surface area contributed by atoms with Gasteiger partial charge >= 0.3 is 6.18 Å². The van der Waals surface area contributed by atoms with Crippen LogP contribution in [-0.4, -0.2) is 15.5 Å². The fraction of sp³-hybridized carbons (Fsp3) is 0.100. The monoisotopic (exact) mass is 479 g/mol. The topological polar surface area (TPSA) is 69.4 Å². The molecule has 0 amide bonds. The van der Waals surface area contributed by atoms with E-state index in [4.69, 9.17) is 5.14 Å². The first-order chi connectivity index (χ1) is 14.8. The van der Waals surface area contributed by atoms with Gasteiger partial charge in [0.2, 0.25) is 10.0 Å². The van der Waals surface area contributed by atoms with Crippen molar-refractivity contribution in [1.82, 2.24) is 0 Å². The fourth-order valence-electron chi connectivity index (χ4n) is 3.07. The molecule has 0 bridgehead atoms. The molecule has 4 nitrogen and oxygen atoms in total. The van der Waals surface area contributed by atoms with E-state index < -0.39 is 72.4 Å². The van der Waals surface area contributed by atoms with Gasteiger partial charge in [0.15, 0.2) is 23.3 Å². The van der Waals surface area contributed by atoms with Crippen molar-refractivity contribution in [2.24, 2.45) is 5.14 Å². The van der Waals surface area contributed by atoms with E-state index in [-0.39, 0.29) is 5.56 Å². The highest BCUT2D eigenvalue weighted by atomic mass is 32.2. The maximum Gasteiger partial charge on any atom is 0.419 e. The van der Waals surface area contributed by atoms with E-state index >= 15 is 0 Å². The lowest BCUT2D eigenvalue weighted by atomic mass is 9.92. The molecule has 0 fully saturated rings. The van der Waals surface area contributed by atoms with Crippen molar-refractivity contribution >= 4 is 10.0 Å². The molecule has 0 radical (unpaired) electrons. The number of benzene rings is 3. The number of ether oxygens (including phenoxy) is 1. The summed E-state index contributed by atoms with van der Waals surface area (Å²) < 4.78 is 125. The molecule has 0 aliphatic carbocycles. The summed E-state index contributed by atoms with van der Waals surface area (Å²) in [5.41, 5.74) is -4.25. The number of primary sulfonamides is 1. The Hall–Kier alpha value is -3.12. The molecular formula is C20H12F7NO3S.